The molecular weight excluding hydrogens is 175 g/mol. The van der Waals surface area contributed by atoms with Gasteiger partial charge in [-0.05, 0) is 12.8 Å². The molecule has 0 heterocycles. The molecule has 1 atom stereocenters. The lowest BCUT2D eigenvalue weighted by Crippen LogP contribution is -1.98. The van der Waals surface area contributed by atoms with Gasteiger partial charge in [0, 0.05) is 19.4 Å². The van der Waals surface area contributed by atoms with E-state index in [1.165, 1.54) is 0 Å². The third-order valence-corrected chi connectivity index (χ3v) is 3.44. The summed E-state index contributed by atoms with van der Waals surface area (Å²) in [6.45, 7) is 4.38. The van der Waals surface area contributed by atoms with Crippen LogP contribution in [-0.2, 0) is 9.09 Å². The van der Waals surface area contributed by atoms with E-state index in [1.54, 1.807) is 6.66 Å². The van der Waals surface area contributed by atoms with Gasteiger partial charge in [-0.15, -0.1) is 0 Å². The first-order valence-electron chi connectivity index (χ1n) is 4.44. The topological polar surface area (TPSA) is 46.5 Å². The number of hydrogen-bond acceptors (Lipinski definition) is 3. The Morgan fingerprint density at radius 1 is 1.42 bits per heavy atom. The molecule has 4 heteroatoms. The van der Waals surface area contributed by atoms with Crippen LogP contribution in [0, 0.1) is 0 Å². The van der Waals surface area contributed by atoms with Gasteiger partial charge in [0.05, 0.1) is 6.61 Å². The number of aliphatic hydroxyl groups is 1. The van der Waals surface area contributed by atoms with E-state index in [0.717, 1.165) is 12.8 Å². The maximum Gasteiger partial charge on any atom is 0.200 e. The molecule has 0 saturated carbocycles. The fraction of sp³-hybridized carbons (Fsp3) is 1.00. The van der Waals surface area contributed by atoms with Crippen molar-refractivity contribution in [3.8, 4) is 0 Å². The summed E-state index contributed by atoms with van der Waals surface area (Å²) in [7, 11) is -2.40. The van der Waals surface area contributed by atoms with E-state index in [4.69, 9.17) is 9.63 Å². The van der Waals surface area contributed by atoms with Crippen molar-refractivity contribution in [1.82, 2.24) is 0 Å². The quantitative estimate of drug-likeness (QED) is 0.498. The van der Waals surface area contributed by atoms with Crippen molar-refractivity contribution in [1.29, 1.82) is 0 Å². The summed E-state index contributed by atoms with van der Waals surface area (Å²) in [5, 5.41) is 8.52. The van der Waals surface area contributed by atoms with Gasteiger partial charge in [0.15, 0.2) is 7.37 Å². The molecule has 0 rings (SSSR count). The molecule has 1 unspecified atom stereocenters. The maximum absolute atomic E-state index is 11.5. The molecule has 74 valence electrons. The van der Waals surface area contributed by atoms with Crippen LogP contribution in [0.1, 0.15) is 26.2 Å². The van der Waals surface area contributed by atoms with Gasteiger partial charge in [-0.25, -0.2) is 0 Å². The van der Waals surface area contributed by atoms with E-state index >= 15 is 0 Å². The zero-order valence-electron chi connectivity index (χ0n) is 7.95. The molecule has 0 aromatic rings. The molecule has 3 nitrogen and oxygen atoms in total. The molecular formula is C8H19O3P. The summed E-state index contributed by atoms with van der Waals surface area (Å²) in [4.78, 5) is 0. The van der Waals surface area contributed by atoms with E-state index in [2.05, 4.69) is 6.92 Å². The second-order valence-electron chi connectivity index (χ2n) is 3.00. The number of unbranched alkanes of at least 4 members (excludes halogenated alkanes) is 1. The van der Waals surface area contributed by atoms with Crippen molar-refractivity contribution in [3.63, 3.8) is 0 Å². The lowest BCUT2D eigenvalue weighted by Gasteiger charge is -2.12. The average Bonchev–Trinajstić information content (AvgIpc) is 2.01. The van der Waals surface area contributed by atoms with E-state index < -0.39 is 7.37 Å². The summed E-state index contributed by atoms with van der Waals surface area (Å²) in [5.74, 6) is 0. The monoisotopic (exact) mass is 194 g/mol. The van der Waals surface area contributed by atoms with Crippen molar-refractivity contribution in [3.05, 3.63) is 0 Å². The Morgan fingerprint density at radius 2 is 2.08 bits per heavy atom. The van der Waals surface area contributed by atoms with Gasteiger partial charge in [0.2, 0.25) is 0 Å². The third kappa shape index (κ3) is 6.84. The fourth-order valence-corrected chi connectivity index (χ4v) is 2.18. The molecule has 0 aliphatic heterocycles. The zero-order chi connectivity index (χ0) is 9.45. The smallest absolute Gasteiger partial charge is 0.200 e. The average molecular weight is 194 g/mol. The van der Waals surface area contributed by atoms with Crippen LogP contribution in [0.5, 0.6) is 0 Å². The largest absolute Gasteiger partial charge is 0.396 e. The molecule has 0 saturated heterocycles. The van der Waals surface area contributed by atoms with Gasteiger partial charge in [-0.1, -0.05) is 13.3 Å². The maximum atomic E-state index is 11.5. The van der Waals surface area contributed by atoms with Crippen LogP contribution in [0.2, 0.25) is 0 Å². The minimum Gasteiger partial charge on any atom is -0.396 e. The summed E-state index contributed by atoms with van der Waals surface area (Å²) < 4.78 is 16.7. The normalized spacial score (nSPS) is 15.9. The van der Waals surface area contributed by atoms with Gasteiger partial charge in [-0.3, -0.25) is 4.57 Å². The molecule has 0 radical (unpaired) electrons. The van der Waals surface area contributed by atoms with Crippen LogP contribution >= 0.6 is 7.37 Å². The molecule has 1 N–H and O–H groups in total. The predicted octanol–water partition coefficient (Wildman–Crippen LogP) is 2.09. The molecule has 0 aliphatic rings. The van der Waals surface area contributed by atoms with E-state index in [-0.39, 0.29) is 6.61 Å². The highest BCUT2D eigenvalue weighted by molar-refractivity contribution is 7.58. The highest BCUT2D eigenvalue weighted by Crippen LogP contribution is 2.42. The molecule has 0 amide bonds. The number of aliphatic hydroxyl groups excluding tert-OH is 1. The van der Waals surface area contributed by atoms with Gasteiger partial charge in [0.1, 0.15) is 0 Å². The summed E-state index contributed by atoms with van der Waals surface area (Å²) >= 11 is 0. The Morgan fingerprint density at radius 3 is 2.58 bits per heavy atom. The standard InChI is InChI=1S/C8H19O3P/c1-3-4-7-11-12(2,10)8-5-6-9/h9H,3-8H2,1-2H3. The SMILES string of the molecule is CCCCOP(C)(=O)CCCO. The highest BCUT2D eigenvalue weighted by Gasteiger charge is 2.13. The van der Waals surface area contributed by atoms with Crippen LogP contribution in [0.25, 0.3) is 0 Å². The van der Waals surface area contributed by atoms with Gasteiger partial charge >= 0.3 is 0 Å². The third-order valence-electron chi connectivity index (χ3n) is 1.58. The van der Waals surface area contributed by atoms with Crippen molar-refractivity contribution in [2.45, 2.75) is 26.2 Å². The lowest BCUT2D eigenvalue weighted by molar-refractivity contribution is 0.284. The van der Waals surface area contributed by atoms with Gasteiger partial charge < -0.3 is 9.63 Å². The first-order valence-corrected chi connectivity index (χ1v) is 6.70. The minimum absolute atomic E-state index is 0.0922. The van der Waals surface area contributed by atoms with Crippen molar-refractivity contribution < 1.29 is 14.2 Å². The zero-order valence-corrected chi connectivity index (χ0v) is 8.85. The summed E-state index contributed by atoms with van der Waals surface area (Å²) in [6, 6.07) is 0. The summed E-state index contributed by atoms with van der Waals surface area (Å²) in [6.07, 6.45) is 3.07. The molecule has 0 aromatic carbocycles. The molecule has 0 aliphatic carbocycles. The lowest BCUT2D eigenvalue weighted by atomic mass is 10.4. The van der Waals surface area contributed by atoms with E-state index in [1.807, 2.05) is 0 Å². The molecule has 0 bridgehead atoms. The van der Waals surface area contributed by atoms with Crippen molar-refractivity contribution in [2.24, 2.45) is 0 Å². The fourth-order valence-electron chi connectivity index (χ4n) is 0.824. The van der Waals surface area contributed by atoms with Gasteiger partial charge in [-0.2, -0.15) is 0 Å². The summed E-state index contributed by atoms with van der Waals surface area (Å²) in [5.41, 5.74) is 0. The highest BCUT2D eigenvalue weighted by atomic mass is 31.2. The second kappa shape index (κ2) is 6.64. The van der Waals surface area contributed by atoms with Gasteiger partial charge in [0.25, 0.3) is 0 Å². The number of rotatable bonds is 7. The van der Waals surface area contributed by atoms with Crippen LogP contribution < -0.4 is 0 Å². The Bertz CT molecular complexity index is 147. The van der Waals surface area contributed by atoms with Crippen LogP contribution in [0.3, 0.4) is 0 Å². The first-order chi connectivity index (χ1) is 5.62. The van der Waals surface area contributed by atoms with Crippen LogP contribution in [-0.4, -0.2) is 31.1 Å². The van der Waals surface area contributed by atoms with E-state index in [0.29, 0.717) is 19.2 Å². The minimum atomic E-state index is -2.40. The first kappa shape index (κ1) is 12.2. The molecule has 0 fully saturated rings. The number of hydrogen-bond donors (Lipinski definition) is 1. The van der Waals surface area contributed by atoms with E-state index in [9.17, 15) is 4.57 Å². The molecule has 0 aromatic heterocycles. The Kier molecular flexibility index (Phi) is 6.73. The molecule has 0 spiro atoms. The van der Waals surface area contributed by atoms with Crippen LogP contribution in [0.15, 0.2) is 0 Å². The van der Waals surface area contributed by atoms with Crippen molar-refractivity contribution >= 4 is 7.37 Å². The predicted molar refractivity (Wildman–Crippen MR) is 51.0 cm³/mol. The second-order valence-corrected chi connectivity index (χ2v) is 5.74. The van der Waals surface area contributed by atoms with Crippen LogP contribution in [0.4, 0.5) is 0 Å². The Hall–Kier alpha value is 0.150. The Balaban J connectivity index is 3.49. The molecule has 12 heavy (non-hydrogen) atoms. The Labute approximate surface area is 74.6 Å². The van der Waals surface area contributed by atoms with Crippen molar-refractivity contribution in [2.75, 3.05) is 26.0 Å².